The topological polar surface area (TPSA) is 47.6 Å². The Morgan fingerprint density at radius 3 is 2.52 bits per heavy atom. The zero-order valence-electron chi connectivity index (χ0n) is 15.1. The average molecular weight is 345 g/mol. The van der Waals surface area contributed by atoms with Crippen LogP contribution in [-0.4, -0.2) is 25.2 Å². The number of ether oxygens (including phenoxy) is 2. The van der Waals surface area contributed by atoms with Gasteiger partial charge in [0, 0.05) is 0 Å². The highest BCUT2D eigenvalue weighted by molar-refractivity contribution is 5.80. The molecule has 1 atom stereocenters. The molecule has 1 unspecified atom stereocenters. The molecule has 0 heterocycles. The lowest BCUT2D eigenvalue weighted by atomic mass is 10.1. The Kier molecular flexibility index (Phi) is 6.39. The number of hydrogen-bond donors (Lipinski definition) is 1. The van der Waals surface area contributed by atoms with Gasteiger partial charge in [-0.3, -0.25) is 4.79 Å². The van der Waals surface area contributed by atoms with Crippen molar-refractivity contribution < 1.29 is 18.7 Å². The van der Waals surface area contributed by atoms with E-state index < -0.39 is 6.10 Å². The second kappa shape index (κ2) is 8.51. The molecule has 2 aromatic rings. The molecule has 0 saturated carbocycles. The summed E-state index contributed by atoms with van der Waals surface area (Å²) in [6, 6.07) is 9.77. The zero-order chi connectivity index (χ0) is 18.4. The van der Waals surface area contributed by atoms with Crippen molar-refractivity contribution in [2.24, 2.45) is 0 Å². The summed E-state index contributed by atoms with van der Waals surface area (Å²) in [5.74, 6) is 0.767. The lowest BCUT2D eigenvalue weighted by Gasteiger charge is -2.18. The molecule has 0 saturated heterocycles. The van der Waals surface area contributed by atoms with Crippen molar-refractivity contribution in [3.63, 3.8) is 0 Å². The van der Waals surface area contributed by atoms with Crippen molar-refractivity contribution >= 4 is 5.91 Å². The fraction of sp³-hybridized carbons (Fsp3) is 0.350. The van der Waals surface area contributed by atoms with Crippen LogP contribution < -0.4 is 14.8 Å². The maximum atomic E-state index is 12.8. The Labute approximate surface area is 148 Å². The first-order valence-corrected chi connectivity index (χ1v) is 8.27. The fourth-order valence-corrected chi connectivity index (χ4v) is 2.38. The Hall–Kier alpha value is -2.56. The number of halogens is 1. The molecule has 0 radical (unpaired) electrons. The number of carbonyl (C=O) groups excluding carboxylic acids is 1. The van der Waals surface area contributed by atoms with Crippen molar-refractivity contribution in [1.82, 2.24) is 5.32 Å². The predicted octanol–water partition coefficient (Wildman–Crippen LogP) is 3.71. The monoisotopic (exact) mass is 345 g/mol. The van der Waals surface area contributed by atoms with Crippen LogP contribution in [0, 0.1) is 26.6 Å². The minimum absolute atomic E-state index is 0.207. The van der Waals surface area contributed by atoms with Crippen LogP contribution in [0.4, 0.5) is 4.39 Å². The van der Waals surface area contributed by atoms with Gasteiger partial charge in [-0.2, -0.15) is 0 Å². The fourth-order valence-electron chi connectivity index (χ4n) is 2.38. The molecule has 2 aromatic carbocycles. The second-order valence-corrected chi connectivity index (χ2v) is 6.06. The van der Waals surface area contributed by atoms with Gasteiger partial charge < -0.3 is 14.8 Å². The second-order valence-electron chi connectivity index (χ2n) is 6.06. The first-order valence-electron chi connectivity index (χ1n) is 8.27. The number of rotatable bonds is 7. The van der Waals surface area contributed by atoms with E-state index in [1.54, 1.807) is 19.1 Å². The summed E-state index contributed by atoms with van der Waals surface area (Å²) in [5, 5.41) is 2.77. The van der Waals surface area contributed by atoms with Crippen LogP contribution in [-0.2, 0) is 4.79 Å². The molecule has 134 valence electrons. The summed E-state index contributed by atoms with van der Waals surface area (Å²) in [4.78, 5) is 12.1. The van der Waals surface area contributed by atoms with Crippen molar-refractivity contribution in [2.45, 2.75) is 33.8 Å². The molecule has 0 aliphatic rings. The third-order valence-corrected chi connectivity index (χ3v) is 3.92. The highest BCUT2D eigenvalue weighted by atomic mass is 19.1. The van der Waals surface area contributed by atoms with E-state index in [9.17, 15) is 9.18 Å². The third kappa shape index (κ3) is 5.48. The summed E-state index contributed by atoms with van der Waals surface area (Å²) >= 11 is 0. The molecular formula is C20H24FNO3. The number of amides is 1. The van der Waals surface area contributed by atoms with Gasteiger partial charge in [-0.1, -0.05) is 6.07 Å². The van der Waals surface area contributed by atoms with Crippen LogP contribution in [0.25, 0.3) is 0 Å². The Bertz CT molecular complexity index is 728. The van der Waals surface area contributed by atoms with E-state index in [4.69, 9.17) is 9.47 Å². The number of benzene rings is 2. The van der Waals surface area contributed by atoms with Crippen LogP contribution in [0.1, 0.15) is 23.6 Å². The van der Waals surface area contributed by atoms with E-state index in [0.717, 1.165) is 22.4 Å². The Morgan fingerprint density at radius 1 is 1.16 bits per heavy atom. The smallest absolute Gasteiger partial charge is 0.260 e. The molecule has 0 bridgehead atoms. The molecular weight excluding hydrogens is 321 g/mol. The predicted molar refractivity (Wildman–Crippen MR) is 95.6 cm³/mol. The van der Waals surface area contributed by atoms with Crippen LogP contribution in [0.3, 0.4) is 0 Å². The van der Waals surface area contributed by atoms with Gasteiger partial charge in [-0.25, -0.2) is 4.39 Å². The van der Waals surface area contributed by atoms with Gasteiger partial charge in [0.15, 0.2) is 6.10 Å². The maximum absolute atomic E-state index is 12.8. The van der Waals surface area contributed by atoms with Crippen LogP contribution in [0.15, 0.2) is 36.4 Å². The average Bonchev–Trinajstić information content (AvgIpc) is 2.57. The minimum Gasteiger partial charge on any atom is -0.492 e. The quantitative estimate of drug-likeness (QED) is 0.778. The lowest BCUT2D eigenvalue weighted by Crippen LogP contribution is -2.38. The van der Waals surface area contributed by atoms with Crippen molar-refractivity contribution in [3.8, 4) is 11.5 Å². The zero-order valence-corrected chi connectivity index (χ0v) is 15.1. The molecule has 4 nitrogen and oxygen atoms in total. The van der Waals surface area contributed by atoms with Crippen LogP contribution >= 0.6 is 0 Å². The van der Waals surface area contributed by atoms with Crippen LogP contribution in [0.5, 0.6) is 11.5 Å². The van der Waals surface area contributed by atoms with Crippen molar-refractivity contribution in [1.29, 1.82) is 0 Å². The van der Waals surface area contributed by atoms with E-state index in [1.165, 1.54) is 12.1 Å². The standard InChI is InChI=1S/C20H24FNO3/c1-13-11-14(2)15(3)19(12-13)25-16(4)20(23)22-9-10-24-18-7-5-17(21)6-8-18/h5-8,11-12,16H,9-10H2,1-4H3,(H,22,23). The number of carbonyl (C=O) groups is 1. The summed E-state index contributed by atoms with van der Waals surface area (Å²) in [7, 11) is 0. The molecule has 25 heavy (non-hydrogen) atoms. The highest BCUT2D eigenvalue weighted by Crippen LogP contribution is 2.24. The molecule has 5 heteroatoms. The third-order valence-electron chi connectivity index (χ3n) is 3.92. The normalized spacial score (nSPS) is 11.7. The first kappa shape index (κ1) is 18.8. The number of nitrogens with one attached hydrogen (secondary N) is 1. The van der Waals surface area contributed by atoms with Crippen molar-refractivity contribution in [2.75, 3.05) is 13.2 Å². The molecule has 0 aromatic heterocycles. The summed E-state index contributed by atoms with van der Waals surface area (Å²) in [6.45, 7) is 8.35. The van der Waals surface area contributed by atoms with E-state index in [-0.39, 0.29) is 11.7 Å². The molecule has 1 amide bonds. The maximum Gasteiger partial charge on any atom is 0.260 e. The Morgan fingerprint density at radius 2 is 1.84 bits per heavy atom. The number of hydrogen-bond acceptors (Lipinski definition) is 3. The lowest BCUT2D eigenvalue weighted by molar-refractivity contribution is -0.127. The first-order chi connectivity index (χ1) is 11.9. The molecule has 0 spiro atoms. The number of aryl methyl sites for hydroxylation is 2. The van der Waals surface area contributed by atoms with E-state index >= 15 is 0 Å². The summed E-state index contributed by atoms with van der Waals surface area (Å²) in [5.41, 5.74) is 3.26. The van der Waals surface area contributed by atoms with Gasteiger partial charge in [-0.05, 0) is 74.7 Å². The summed E-state index contributed by atoms with van der Waals surface area (Å²) in [6.07, 6.45) is -0.606. The van der Waals surface area contributed by atoms with E-state index in [0.29, 0.717) is 18.9 Å². The van der Waals surface area contributed by atoms with Gasteiger partial charge >= 0.3 is 0 Å². The molecule has 1 N–H and O–H groups in total. The van der Waals surface area contributed by atoms with Gasteiger partial charge in [-0.15, -0.1) is 0 Å². The van der Waals surface area contributed by atoms with Gasteiger partial charge in [0.25, 0.3) is 5.91 Å². The largest absolute Gasteiger partial charge is 0.492 e. The molecule has 0 fully saturated rings. The molecule has 0 aliphatic heterocycles. The van der Waals surface area contributed by atoms with Gasteiger partial charge in [0.05, 0.1) is 6.54 Å². The SMILES string of the molecule is Cc1cc(C)c(C)c(OC(C)C(=O)NCCOc2ccc(F)cc2)c1. The highest BCUT2D eigenvalue weighted by Gasteiger charge is 2.16. The minimum atomic E-state index is -0.606. The molecule has 0 aliphatic carbocycles. The molecule has 2 rings (SSSR count). The summed E-state index contributed by atoms with van der Waals surface area (Å²) < 4.78 is 24.0. The van der Waals surface area contributed by atoms with E-state index in [2.05, 4.69) is 11.4 Å². The van der Waals surface area contributed by atoms with Gasteiger partial charge in [0.2, 0.25) is 0 Å². The van der Waals surface area contributed by atoms with Gasteiger partial charge in [0.1, 0.15) is 23.9 Å². The van der Waals surface area contributed by atoms with Crippen LogP contribution in [0.2, 0.25) is 0 Å². The Balaban J connectivity index is 1.79. The van der Waals surface area contributed by atoms with E-state index in [1.807, 2.05) is 26.8 Å². The van der Waals surface area contributed by atoms with Crippen molar-refractivity contribution in [3.05, 3.63) is 58.9 Å².